The molecule has 1 N–H and O–H groups in total. The van der Waals surface area contributed by atoms with Crippen LogP contribution in [0.1, 0.15) is 40.4 Å². The minimum Gasteiger partial charge on any atom is -0.496 e. The normalized spacial score (nSPS) is 10.9. The molecule has 0 aliphatic rings. The molecule has 0 aliphatic carbocycles. The number of hydrogen-bond donors (Lipinski definition) is 1. The van der Waals surface area contributed by atoms with Gasteiger partial charge in [0, 0.05) is 50.6 Å². The zero-order valence-electron chi connectivity index (χ0n) is 19.1. The second-order valence-corrected chi connectivity index (χ2v) is 7.97. The maximum Gasteiger partial charge on any atom is 0.409 e. The monoisotopic (exact) mass is 438 g/mol. The lowest BCUT2D eigenvalue weighted by Crippen LogP contribution is -2.23. The molecule has 0 fully saturated rings. The van der Waals surface area contributed by atoms with Crippen molar-refractivity contribution in [2.75, 3.05) is 27.8 Å². The van der Waals surface area contributed by atoms with Gasteiger partial charge in [0.05, 0.1) is 19.3 Å². The molecule has 0 radical (unpaired) electrons. The molecule has 1 aromatic heterocycles. The molecule has 3 rings (SSSR count). The zero-order chi connectivity index (χ0) is 23.3. The number of carbonyl (C=O) groups excluding carboxylic acids is 1. The average molecular weight is 439 g/mol. The molecule has 1 heterocycles. The van der Waals surface area contributed by atoms with Crippen molar-refractivity contribution in [3.8, 4) is 5.75 Å². The van der Waals surface area contributed by atoms with E-state index in [1.165, 1.54) is 4.90 Å². The third-order valence-corrected chi connectivity index (χ3v) is 5.39. The van der Waals surface area contributed by atoms with E-state index in [2.05, 4.69) is 35.9 Å². The number of methoxy groups -OCH3 is 1. The standard InChI is InChI=1S/C25H30N2O5/c1-5-11-27-16-20(14-18-7-8-19(24(28)29)15-23(18)31-4)21-13-17(6-9-22(21)27)10-12-32-25(30)26(2)3/h6-9,13,15-16H,5,10-12,14H2,1-4H3,(H,28,29). The average Bonchev–Trinajstić information content (AvgIpc) is 3.10. The van der Waals surface area contributed by atoms with Crippen molar-refractivity contribution < 1.29 is 24.2 Å². The van der Waals surface area contributed by atoms with Gasteiger partial charge in [-0.1, -0.05) is 19.1 Å². The maximum absolute atomic E-state index is 11.7. The van der Waals surface area contributed by atoms with Gasteiger partial charge in [0.25, 0.3) is 0 Å². The number of amides is 1. The lowest BCUT2D eigenvalue weighted by molar-refractivity contribution is 0.0696. The first kappa shape index (κ1) is 23.2. The van der Waals surface area contributed by atoms with Gasteiger partial charge in [-0.15, -0.1) is 0 Å². The minimum absolute atomic E-state index is 0.202. The molecule has 32 heavy (non-hydrogen) atoms. The Hall–Kier alpha value is -3.48. The molecular formula is C25H30N2O5. The largest absolute Gasteiger partial charge is 0.496 e. The number of carboxylic acid groups (broad SMARTS) is 1. The van der Waals surface area contributed by atoms with Crippen molar-refractivity contribution in [2.24, 2.45) is 0 Å². The van der Waals surface area contributed by atoms with Crippen LogP contribution in [0, 0.1) is 0 Å². The predicted octanol–water partition coefficient (Wildman–Crippen LogP) is 4.59. The number of aromatic carboxylic acids is 1. The van der Waals surface area contributed by atoms with Crippen molar-refractivity contribution in [1.82, 2.24) is 9.47 Å². The predicted molar refractivity (Wildman–Crippen MR) is 124 cm³/mol. The third kappa shape index (κ3) is 5.22. The van der Waals surface area contributed by atoms with E-state index in [9.17, 15) is 14.7 Å². The zero-order valence-corrected chi connectivity index (χ0v) is 19.1. The lowest BCUT2D eigenvalue weighted by atomic mass is 10.00. The summed E-state index contributed by atoms with van der Waals surface area (Å²) in [6, 6.07) is 11.3. The molecule has 0 aliphatic heterocycles. The van der Waals surface area contributed by atoms with Gasteiger partial charge in [-0.05, 0) is 47.4 Å². The number of ether oxygens (including phenoxy) is 2. The Labute approximate surface area is 188 Å². The van der Waals surface area contributed by atoms with Gasteiger partial charge in [0.2, 0.25) is 0 Å². The molecule has 170 valence electrons. The van der Waals surface area contributed by atoms with E-state index in [0.717, 1.165) is 40.6 Å². The first-order valence-electron chi connectivity index (χ1n) is 10.7. The summed E-state index contributed by atoms with van der Waals surface area (Å²) in [6.45, 7) is 3.37. The summed E-state index contributed by atoms with van der Waals surface area (Å²) in [7, 11) is 4.88. The number of hydrogen-bond acceptors (Lipinski definition) is 4. The van der Waals surface area contributed by atoms with Gasteiger partial charge in [0.15, 0.2) is 0 Å². The van der Waals surface area contributed by atoms with E-state index in [0.29, 0.717) is 25.2 Å². The SMILES string of the molecule is CCCn1cc(Cc2ccc(C(=O)O)cc2OC)c2cc(CCOC(=O)N(C)C)ccc21. The second-order valence-electron chi connectivity index (χ2n) is 7.97. The Morgan fingerprint density at radius 2 is 1.88 bits per heavy atom. The fraction of sp³-hybridized carbons (Fsp3) is 0.360. The number of aryl methyl sites for hydroxylation is 1. The van der Waals surface area contributed by atoms with E-state index in [4.69, 9.17) is 9.47 Å². The number of benzene rings is 2. The molecule has 0 atom stereocenters. The fourth-order valence-electron chi connectivity index (χ4n) is 3.75. The van der Waals surface area contributed by atoms with Crippen LogP contribution >= 0.6 is 0 Å². The van der Waals surface area contributed by atoms with Crippen molar-refractivity contribution >= 4 is 23.0 Å². The van der Waals surface area contributed by atoms with Crippen molar-refractivity contribution in [2.45, 2.75) is 32.7 Å². The van der Waals surface area contributed by atoms with Crippen LogP contribution in [0.25, 0.3) is 10.9 Å². The van der Waals surface area contributed by atoms with E-state index in [1.54, 1.807) is 33.3 Å². The summed E-state index contributed by atoms with van der Waals surface area (Å²) in [5.74, 6) is -0.415. The van der Waals surface area contributed by atoms with Gasteiger partial charge >= 0.3 is 12.1 Å². The molecule has 0 unspecified atom stereocenters. The summed E-state index contributed by atoms with van der Waals surface area (Å²) in [5.41, 5.74) is 4.51. The summed E-state index contributed by atoms with van der Waals surface area (Å²) in [5, 5.41) is 10.4. The van der Waals surface area contributed by atoms with Crippen LogP contribution in [-0.4, -0.2) is 54.4 Å². The molecular weight excluding hydrogens is 408 g/mol. The minimum atomic E-state index is -0.978. The van der Waals surface area contributed by atoms with Crippen LogP contribution in [-0.2, 0) is 24.1 Å². The highest BCUT2D eigenvalue weighted by molar-refractivity contribution is 5.88. The first-order chi connectivity index (χ1) is 15.3. The Balaban J connectivity index is 1.91. The number of rotatable bonds is 9. The van der Waals surface area contributed by atoms with Gasteiger partial charge in [0.1, 0.15) is 5.75 Å². The Morgan fingerprint density at radius 1 is 1.09 bits per heavy atom. The van der Waals surface area contributed by atoms with Gasteiger partial charge in [-0.2, -0.15) is 0 Å². The fourth-order valence-corrected chi connectivity index (χ4v) is 3.75. The van der Waals surface area contributed by atoms with Crippen LogP contribution in [0.2, 0.25) is 0 Å². The smallest absolute Gasteiger partial charge is 0.409 e. The Bertz CT molecular complexity index is 1120. The molecule has 3 aromatic rings. The highest BCUT2D eigenvalue weighted by atomic mass is 16.6. The van der Waals surface area contributed by atoms with Gasteiger partial charge in [-0.3, -0.25) is 0 Å². The molecule has 1 amide bonds. The Kier molecular flexibility index (Phi) is 7.41. The molecule has 7 heteroatoms. The van der Waals surface area contributed by atoms with Crippen LogP contribution in [0.3, 0.4) is 0 Å². The highest BCUT2D eigenvalue weighted by Crippen LogP contribution is 2.29. The molecule has 0 bridgehead atoms. The van der Waals surface area contributed by atoms with Crippen molar-refractivity contribution in [3.05, 3.63) is 64.8 Å². The molecule has 7 nitrogen and oxygen atoms in total. The summed E-state index contributed by atoms with van der Waals surface area (Å²) >= 11 is 0. The van der Waals surface area contributed by atoms with Crippen molar-refractivity contribution in [3.63, 3.8) is 0 Å². The van der Waals surface area contributed by atoms with E-state index in [1.807, 2.05) is 6.07 Å². The highest BCUT2D eigenvalue weighted by Gasteiger charge is 2.14. The topological polar surface area (TPSA) is 81.0 Å². The quantitative estimate of drug-likeness (QED) is 0.529. The van der Waals surface area contributed by atoms with Crippen LogP contribution < -0.4 is 4.74 Å². The molecule has 2 aromatic carbocycles. The number of aromatic nitrogens is 1. The number of carboxylic acids is 1. The summed E-state index contributed by atoms with van der Waals surface area (Å²) in [4.78, 5) is 24.4. The molecule has 0 saturated carbocycles. The molecule has 0 spiro atoms. The van der Waals surface area contributed by atoms with E-state index in [-0.39, 0.29) is 11.7 Å². The summed E-state index contributed by atoms with van der Waals surface area (Å²) < 4.78 is 13.0. The Morgan fingerprint density at radius 3 is 2.53 bits per heavy atom. The second kappa shape index (κ2) is 10.2. The van der Waals surface area contributed by atoms with Crippen LogP contribution in [0.4, 0.5) is 4.79 Å². The first-order valence-corrected chi connectivity index (χ1v) is 10.7. The van der Waals surface area contributed by atoms with Gasteiger partial charge < -0.3 is 24.0 Å². The number of carbonyl (C=O) groups is 2. The number of nitrogens with zero attached hydrogens (tertiary/aromatic N) is 2. The third-order valence-electron chi connectivity index (χ3n) is 5.39. The number of fused-ring (bicyclic) bond motifs is 1. The van der Waals surface area contributed by atoms with E-state index >= 15 is 0 Å². The van der Waals surface area contributed by atoms with E-state index < -0.39 is 5.97 Å². The maximum atomic E-state index is 11.7. The van der Waals surface area contributed by atoms with Crippen LogP contribution in [0.15, 0.2) is 42.6 Å². The van der Waals surface area contributed by atoms with Crippen LogP contribution in [0.5, 0.6) is 5.75 Å². The summed E-state index contributed by atoms with van der Waals surface area (Å²) in [6.07, 6.45) is 4.08. The van der Waals surface area contributed by atoms with Gasteiger partial charge in [-0.25, -0.2) is 9.59 Å². The van der Waals surface area contributed by atoms with Crippen molar-refractivity contribution in [1.29, 1.82) is 0 Å². The molecule has 0 saturated heterocycles. The lowest BCUT2D eigenvalue weighted by Gasteiger charge is -2.11.